The molecule has 0 unspecified atom stereocenters. The van der Waals surface area contributed by atoms with Gasteiger partial charge in [-0.25, -0.2) is 9.97 Å². The topological polar surface area (TPSA) is 64.7 Å². The van der Waals surface area contributed by atoms with E-state index in [1.807, 2.05) is 24.3 Å². The smallest absolute Gasteiger partial charge is 0.134 e. The van der Waals surface area contributed by atoms with Crippen molar-refractivity contribution in [1.82, 2.24) is 15.0 Å². The van der Waals surface area contributed by atoms with Crippen molar-refractivity contribution in [3.8, 4) is 0 Å². The summed E-state index contributed by atoms with van der Waals surface area (Å²) in [6.07, 6.45) is 4.88. The summed E-state index contributed by atoms with van der Waals surface area (Å²) in [5.74, 6) is 1.99. The Morgan fingerprint density at radius 3 is 2.76 bits per heavy atom. The predicted octanol–water partition coefficient (Wildman–Crippen LogP) is 1.92. The van der Waals surface area contributed by atoms with Crippen LogP contribution < -0.4 is 5.73 Å². The van der Waals surface area contributed by atoms with Gasteiger partial charge < -0.3 is 5.73 Å². The van der Waals surface area contributed by atoms with E-state index < -0.39 is 0 Å². The Balaban J connectivity index is 1.87. The quantitative estimate of drug-likeness (QED) is 0.868. The molecule has 0 atom stereocenters. The van der Waals surface area contributed by atoms with Gasteiger partial charge in [-0.3, -0.25) is 4.98 Å². The van der Waals surface area contributed by atoms with Crippen molar-refractivity contribution in [2.45, 2.75) is 25.2 Å². The summed E-state index contributed by atoms with van der Waals surface area (Å²) in [5.41, 5.74) is 7.77. The largest absolute Gasteiger partial charge is 0.384 e. The standard InChI is InChI=1S/C13H14N4/c14-12-8-11(7-10-3-1-2-6-15-10)16-13(17-12)9-4-5-9/h1-3,6,8-9H,4-5,7H2,(H2,14,16,17). The summed E-state index contributed by atoms with van der Waals surface area (Å²) in [7, 11) is 0. The summed E-state index contributed by atoms with van der Waals surface area (Å²) in [5, 5.41) is 0. The van der Waals surface area contributed by atoms with E-state index in [-0.39, 0.29) is 0 Å². The molecule has 0 spiro atoms. The zero-order valence-electron chi connectivity index (χ0n) is 9.50. The second kappa shape index (κ2) is 4.13. The summed E-state index contributed by atoms with van der Waals surface area (Å²) >= 11 is 0. The number of nitrogen functional groups attached to an aromatic ring is 1. The van der Waals surface area contributed by atoms with Crippen LogP contribution in [0, 0.1) is 0 Å². The van der Waals surface area contributed by atoms with Gasteiger partial charge in [-0.15, -0.1) is 0 Å². The number of pyridine rings is 1. The highest BCUT2D eigenvalue weighted by atomic mass is 15.0. The number of nitrogens with zero attached hydrogens (tertiary/aromatic N) is 3. The van der Waals surface area contributed by atoms with Gasteiger partial charge in [-0.2, -0.15) is 0 Å². The number of anilines is 1. The fourth-order valence-corrected chi connectivity index (χ4v) is 1.84. The molecule has 2 heterocycles. The highest BCUT2D eigenvalue weighted by molar-refractivity contribution is 5.32. The van der Waals surface area contributed by atoms with Gasteiger partial charge in [-0.1, -0.05) is 6.07 Å². The lowest BCUT2D eigenvalue weighted by Crippen LogP contribution is -2.03. The molecule has 1 aliphatic carbocycles. The van der Waals surface area contributed by atoms with E-state index in [2.05, 4.69) is 15.0 Å². The number of hydrogen-bond donors (Lipinski definition) is 1. The second-order valence-electron chi connectivity index (χ2n) is 4.41. The molecular weight excluding hydrogens is 212 g/mol. The maximum absolute atomic E-state index is 5.81. The third-order valence-corrected chi connectivity index (χ3v) is 2.85. The van der Waals surface area contributed by atoms with Gasteiger partial charge in [0.05, 0.1) is 5.69 Å². The van der Waals surface area contributed by atoms with Gasteiger partial charge in [0.1, 0.15) is 11.6 Å². The maximum atomic E-state index is 5.81. The molecule has 0 aromatic carbocycles. The van der Waals surface area contributed by atoms with Crippen LogP contribution in [0.15, 0.2) is 30.5 Å². The van der Waals surface area contributed by atoms with Crippen LogP contribution in [0.2, 0.25) is 0 Å². The SMILES string of the molecule is Nc1cc(Cc2ccccn2)nc(C2CC2)n1. The van der Waals surface area contributed by atoms with Crippen molar-refractivity contribution in [3.63, 3.8) is 0 Å². The average molecular weight is 226 g/mol. The van der Waals surface area contributed by atoms with Crippen LogP contribution in [0.1, 0.15) is 36.0 Å². The van der Waals surface area contributed by atoms with Gasteiger partial charge >= 0.3 is 0 Å². The van der Waals surface area contributed by atoms with Gasteiger partial charge in [0, 0.05) is 30.3 Å². The molecule has 17 heavy (non-hydrogen) atoms. The summed E-state index contributed by atoms with van der Waals surface area (Å²) < 4.78 is 0. The first-order valence-electron chi connectivity index (χ1n) is 5.84. The van der Waals surface area contributed by atoms with E-state index in [0.717, 1.165) is 17.2 Å². The Hall–Kier alpha value is -1.97. The Labute approximate surface area is 99.9 Å². The molecule has 1 aliphatic rings. The minimum Gasteiger partial charge on any atom is -0.384 e. The molecule has 3 rings (SSSR count). The van der Waals surface area contributed by atoms with Crippen LogP contribution in [-0.2, 0) is 6.42 Å². The molecule has 0 radical (unpaired) electrons. The van der Waals surface area contributed by atoms with Crippen LogP contribution in [0.25, 0.3) is 0 Å². The first-order chi connectivity index (χ1) is 8.31. The van der Waals surface area contributed by atoms with E-state index in [0.29, 0.717) is 18.2 Å². The van der Waals surface area contributed by atoms with Gasteiger partial charge in [0.25, 0.3) is 0 Å². The second-order valence-corrected chi connectivity index (χ2v) is 4.41. The molecule has 0 bridgehead atoms. The Kier molecular flexibility index (Phi) is 2.48. The molecule has 2 N–H and O–H groups in total. The minimum atomic E-state index is 0.529. The Bertz CT molecular complexity index is 520. The molecular formula is C13H14N4. The molecule has 1 fully saturated rings. The summed E-state index contributed by atoms with van der Waals surface area (Å²) in [6, 6.07) is 7.72. The van der Waals surface area contributed by atoms with Gasteiger partial charge in [-0.05, 0) is 25.0 Å². The zero-order valence-corrected chi connectivity index (χ0v) is 9.50. The number of aromatic nitrogens is 3. The molecule has 0 aliphatic heterocycles. The van der Waals surface area contributed by atoms with E-state index >= 15 is 0 Å². The predicted molar refractivity (Wildman–Crippen MR) is 65.5 cm³/mol. The molecule has 2 aromatic heterocycles. The summed E-state index contributed by atoms with van der Waals surface area (Å²) in [6.45, 7) is 0. The molecule has 4 nitrogen and oxygen atoms in total. The van der Waals surface area contributed by atoms with Crippen LogP contribution in [0.4, 0.5) is 5.82 Å². The van der Waals surface area contributed by atoms with Crippen molar-refractivity contribution < 1.29 is 0 Å². The molecule has 2 aromatic rings. The third kappa shape index (κ3) is 2.41. The lowest BCUT2D eigenvalue weighted by Gasteiger charge is -2.04. The lowest BCUT2D eigenvalue weighted by molar-refractivity contribution is 0.884. The normalized spacial score (nSPS) is 14.8. The van der Waals surface area contributed by atoms with Crippen LogP contribution >= 0.6 is 0 Å². The monoisotopic (exact) mass is 226 g/mol. The lowest BCUT2D eigenvalue weighted by atomic mass is 10.2. The molecule has 0 amide bonds. The number of nitrogens with two attached hydrogens (primary N) is 1. The Morgan fingerprint density at radius 2 is 2.06 bits per heavy atom. The van der Waals surface area contributed by atoms with E-state index in [1.54, 1.807) is 6.20 Å². The fourth-order valence-electron chi connectivity index (χ4n) is 1.84. The fraction of sp³-hybridized carbons (Fsp3) is 0.308. The van der Waals surface area contributed by atoms with Crippen LogP contribution in [0.3, 0.4) is 0 Å². The van der Waals surface area contributed by atoms with E-state index in [1.165, 1.54) is 12.8 Å². The number of rotatable bonds is 3. The average Bonchev–Trinajstić information content (AvgIpc) is 3.13. The van der Waals surface area contributed by atoms with Gasteiger partial charge in [0.2, 0.25) is 0 Å². The summed E-state index contributed by atoms with van der Waals surface area (Å²) in [4.78, 5) is 13.1. The third-order valence-electron chi connectivity index (χ3n) is 2.85. The molecule has 0 saturated heterocycles. The van der Waals surface area contributed by atoms with Crippen molar-refractivity contribution in [1.29, 1.82) is 0 Å². The van der Waals surface area contributed by atoms with Crippen LogP contribution in [-0.4, -0.2) is 15.0 Å². The number of hydrogen-bond acceptors (Lipinski definition) is 4. The van der Waals surface area contributed by atoms with E-state index in [4.69, 9.17) is 5.73 Å². The van der Waals surface area contributed by atoms with Crippen LogP contribution in [0.5, 0.6) is 0 Å². The maximum Gasteiger partial charge on any atom is 0.134 e. The molecule has 1 saturated carbocycles. The highest BCUT2D eigenvalue weighted by Crippen LogP contribution is 2.38. The van der Waals surface area contributed by atoms with Crippen molar-refractivity contribution in [2.75, 3.05) is 5.73 Å². The zero-order chi connectivity index (χ0) is 11.7. The van der Waals surface area contributed by atoms with Crippen molar-refractivity contribution >= 4 is 5.82 Å². The van der Waals surface area contributed by atoms with E-state index in [9.17, 15) is 0 Å². The van der Waals surface area contributed by atoms with Crippen molar-refractivity contribution in [3.05, 3.63) is 47.7 Å². The first kappa shape index (κ1) is 10.2. The molecule has 4 heteroatoms. The first-order valence-corrected chi connectivity index (χ1v) is 5.84. The van der Waals surface area contributed by atoms with Crippen molar-refractivity contribution in [2.24, 2.45) is 0 Å². The minimum absolute atomic E-state index is 0.529. The van der Waals surface area contributed by atoms with Gasteiger partial charge in [0.15, 0.2) is 0 Å². The molecule has 86 valence electrons. The Morgan fingerprint density at radius 1 is 1.18 bits per heavy atom. The highest BCUT2D eigenvalue weighted by Gasteiger charge is 2.27.